The monoisotopic (exact) mass is 1540 g/mol. The molecule has 0 aliphatic heterocycles. The van der Waals surface area contributed by atoms with Gasteiger partial charge in [-0.2, -0.15) is 31.6 Å². The Balaban J connectivity index is -0.0000000993. The smallest absolute Gasteiger partial charge is 3.00 e. The molecule has 0 saturated heterocycles. The Bertz CT molecular complexity index is 2170. The van der Waals surface area contributed by atoms with Crippen molar-refractivity contribution < 1.29 is 140 Å². The van der Waals surface area contributed by atoms with E-state index in [0.717, 1.165) is 65.0 Å². The van der Waals surface area contributed by atoms with Crippen LogP contribution in [0.1, 0.15) is 78.2 Å². The van der Waals surface area contributed by atoms with Crippen molar-refractivity contribution >= 4 is 31.2 Å². The molecule has 0 saturated carbocycles. The van der Waals surface area contributed by atoms with E-state index in [-0.39, 0.29) is 39.0 Å². The van der Waals surface area contributed by atoms with Crippen LogP contribution in [0.5, 0.6) is 0 Å². The Hall–Kier alpha value is -5.25. The second-order valence-electron chi connectivity index (χ2n) is 14.3. The molecule has 0 unspecified atom stereocenters. The van der Waals surface area contributed by atoms with Crippen molar-refractivity contribution in [3.63, 3.8) is 0 Å². The van der Waals surface area contributed by atoms with Gasteiger partial charge in [0, 0.05) is 141 Å². The standard InChI is InChI=1S/2C16H21N3.6C2H3N.4F6P.2Ru/c2*1-2-19(13-9-15-7-3-5-11-17-15)14-10-16-8-4-6-12-18-16;6*1-2-3;4*1-7(2,3,4,5)6;;/h2*3-8,11-12H,2,9-10,13-14H2,1H3;6*1H3;;;;;;/q;;;;;;;;4*-1;2*+3. The number of rotatable bonds is 14. The molecule has 498 valence electrons. The molecule has 0 N–H and O–H groups in total. The van der Waals surface area contributed by atoms with Gasteiger partial charge < -0.3 is 9.80 Å². The van der Waals surface area contributed by atoms with Crippen molar-refractivity contribution in [1.29, 1.82) is 31.6 Å². The van der Waals surface area contributed by atoms with E-state index in [0.29, 0.717) is 0 Å². The van der Waals surface area contributed by atoms with Crippen LogP contribution in [-0.4, -0.2) is 69.0 Å². The van der Waals surface area contributed by atoms with Crippen LogP contribution in [0.25, 0.3) is 0 Å². The number of aromatic nitrogens is 4. The van der Waals surface area contributed by atoms with Crippen LogP contribution in [0.3, 0.4) is 0 Å². The number of likely N-dealkylation sites (N-methyl/N-ethyl adjacent to an activating group) is 2. The van der Waals surface area contributed by atoms with Crippen LogP contribution in [0.4, 0.5) is 101 Å². The summed E-state index contributed by atoms with van der Waals surface area (Å²) in [6.45, 7) is 19.4. The fourth-order valence-corrected chi connectivity index (χ4v) is 4.13. The molecule has 0 atom stereocenters. The average molecular weight is 1540 g/mol. The van der Waals surface area contributed by atoms with E-state index in [1.807, 2.05) is 73.3 Å². The van der Waals surface area contributed by atoms with Gasteiger partial charge in [-0.05, 0) is 61.6 Å². The second-order valence-corrected chi connectivity index (χ2v) is 22.0. The Morgan fingerprint density at radius 1 is 0.302 bits per heavy atom. The predicted molar refractivity (Wildman–Crippen MR) is 278 cm³/mol. The number of hydrogen-bond acceptors (Lipinski definition) is 12. The van der Waals surface area contributed by atoms with E-state index in [9.17, 15) is 101 Å². The van der Waals surface area contributed by atoms with Gasteiger partial charge in [-0.25, -0.2) is 0 Å². The van der Waals surface area contributed by atoms with E-state index < -0.39 is 31.2 Å². The van der Waals surface area contributed by atoms with Gasteiger partial charge in [0.05, 0.1) is 36.4 Å². The molecule has 4 aromatic rings. The van der Waals surface area contributed by atoms with Gasteiger partial charge in [0.15, 0.2) is 0 Å². The third-order valence-corrected chi connectivity index (χ3v) is 6.54. The Morgan fingerprint density at radius 3 is 0.500 bits per heavy atom. The molecule has 4 aromatic heterocycles. The van der Waals surface area contributed by atoms with Gasteiger partial charge in [0.1, 0.15) is 0 Å². The molecule has 0 fully saturated rings. The molecule has 0 bridgehead atoms. The van der Waals surface area contributed by atoms with Gasteiger partial charge in [0.25, 0.3) is 0 Å². The molecular weight excluding hydrogens is 1480 g/mol. The minimum atomic E-state index is -10.7. The Kier molecular flexibility index (Phi) is 49.9. The van der Waals surface area contributed by atoms with E-state index in [1.165, 1.54) is 64.3 Å². The zero-order valence-corrected chi connectivity index (χ0v) is 53.3. The van der Waals surface area contributed by atoms with Crippen LogP contribution in [0.15, 0.2) is 97.6 Å². The summed E-state index contributed by atoms with van der Waals surface area (Å²) in [5.41, 5.74) is 4.66. The van der Waals surface area contributed by atoms with Gasteiger partial charge in [-0.3, -0.25) is 19.9 Å². The molecule has 42 heteroatoms. The van der Waals surface area contributed by atoms with Crippen molar-refractivity contribution in [1.82, 2.24) is 29.7 Å². The quantitative estimate of drug-likeness (QED) is 0.0658. The summed E-state index contributed by atoms with van der Waals surface area (Å²) in [7, 11) is -42.6. The van der Waals surface area contributed by atoms with Gasteiger partial charge >= 0.3 is 171 Å². The first-order valence-corrected chi connectivity index (χ1v) is 30.3. The first-order chi connectivity index (χ1) is 37.0. The van der Waals surface area contributed by atoms with Crippen LogP contribution in [0.2, 0.25) is 0 Å². The zero-order valence-electron chi connectivity index (χ0n) is 46.2. The SMILES string of the molecule is CC#N.CC#N.CC#N.CC#N.CC#N.CC#N.CCN(CCc1ccccn1)CCc1ccccn1.CCN(CCc1ccccn1)CCc1ccccn1.F[P-](F)(F)(F)(F)F.F[P-](F)(F)(F)(F)F.F[P-](F)(F)(F)(F)F.F[P-](F)(F)(F)(F)F.[Ru+3].[Ru+3]. The summed E-state index contributed by atoms with van der Waals surface area (Å²) in [6.07, 6.45) is 11.5. The minimum absolute atomic E-state index is 0. The molecule has 4 rings (SSSR count). The Morgan fingerprint density at radius 2 is 0.419 bits per heavy atom. The summed E-state index contributed by atoms with van der Waals surface area (Å²) in [5, 5.41) is 43.9. The molecule has 0 amide bonds. The normalized spacial score (nSPS) is 12.9. The largest absolute Gasteiger partial charge is 3.00 e. The fraction of sp³-hybridized carbons (Fsp3) is 0.409. The van der Waals surface area contributed by atoms with Crippen molar-refractivity contribution in [2.24, 2.45) is 0 Å². The maximum Gasteiger partial charge on any atom is 3.00 e. The van der Waals surface area contributed by atoms with Crippen LogP contribution in [-0.2, 0) is 64.6 Å². The minimum Gasteiger partial charge on any atom is 3.00 e. The topological polar surface area (TPSA) is 201 Å². The molecule has 86 heavy (non-hydrogen) atoms. The first-order valence-electron chi connectivity index (χ1n) is 22.2. The fourth-order valence-electron chi connectivity index (χ4n) is 4.13. The first kappa shape index (κ1) is 103. The van der Waals surface area contributed by atoms with Crippen molar-refractivity contribution in [3.05, 3.63) is 120 Å². The average Bonchev–Trinajstić information content (AvgIpc) is 3.28. The number of pyridine rings is 4. The molecular formula is C44H60F24N12P4Ru2+2. The van der Waals surface area contributed by atoms with Crippen LogP contribution in [0, 0.1) is 68.0 Å². The van der Waals surface area contributed by atoms with Gasteiger partial charge in [0.2, 0.25) is 0 Å². The van der Waals surface area contributed by atoms with Crippen LogP contribution >= 0.6 is 31.2 Å². The Labute approximate surface area is 507 Å². The third kappa shape index (κ3) is 185. The maximum atomic E-state index is 9.87. The summed E-state index contributed by atoms with van der Waals surface area (Å²) in [6, 6.07) is 34.9. The predicted octanol–water partition coefficient (Wildman–Crippen LogP) is 21.9. The summed E-state index contributed by atoms with van der Waals surface area (Å²) in [4.78, 5) is 22.4. The molecule has 4 heterocycles. The molecule has 0 aliphatic rings. The number of halogens is 24. The molecule has 0 spiro atoms. The molecule has 0 aliphatic carbocycles. The number of nitriles is 6. The van der Waals surface area contributed by atoms with E-state index in [4.69, 9.17) is 31.6 Å². The molecule has 2 radical (unpaired) electrons. The zero-order chi connectivity index (χ0) is 68.6. The third-order valence-electron chi connectivity index (χ3n) is 6.54. The van der Waals surface area contributed by atoms with E-state index in [2.05, 4.69) is 67.8 Å². The second kappa shape index (κ2) is 41.8. The summed E-state index contributed by atoms with van der Waals surface area (Å²) in [5.74, 6) is 0. The maximum absolute atomic E-state index is 10.7. The van der Waals surface area contributed by atoms with E-state index in [1.54, 1.807) is 36.4 Å². The van der Waals surface area contributed by atoms with Gasteiger partial charge in [-0.1, -0.05) is 38.1 Å². The van der Waals surface area contributed by atoms with Crippen molar-refractivity contribution in [2.75, 3.05) is 39.3 Å². The molecule has 12 nitrogen and oxygen atoms in total. The molecule has 0 aromatic carbocycles. The van der Waals surface area contributed by atoms with Crippen molar-refractivity contribution in [3.8, 4) is 36.4 Å². The van der Waals surface area contributed by atoms with E-state index >= 15 is 0 Å². The summed E-state index contributed by atoms with van der Waals surface area (Å²) < 4.78 is 237. The summed E-state index contributed by atoms with van der Waals surface area (Å²) >= 11 is 0. The van der Waals surface area contributed by atoms with Crippen LogP contribution < -0.4 is 0 Å². The number of nitrogens with zero attached hydrogens (tertiary/aromatic N) is 12. The van der Waals surface area contributed by atoms with Gasteiger partial charge in [-0.15, -0.1) is 0 Å². The van der Waals surface area contributed by atoms with Crippen molar-refractivity contribution in [2.45, 2.75) is 81.1 Å². The number of hydrogen-bond donors (Lipinski definition) is 0.